The number of carbonyl (C=O) groups excluding carboxylic acids is 1. The number of amides is 1. The zero-order valence-corrected chi connectivity index (χ0v) is 19.9. The van der Waals surface area contributed by atoms with Crippen LogP contribution in [0.15, 0.2) is 60.7 Å². The second-order valence-electron chi connectivity index (χ2n) is 8.75. The molecule has 1 aromatic heterocycles. The van der Waals surface area contributed by atoms with E-state index in [1.54, 1.807) is 24.3 Å². The first kappa shape index (κ1) is 26.8. The molecule has 1 amide bonds. The Bertz CT molecular complexity index is 1300. The van der Waals surface area contributed by atoms with Gasteiger partial charge >= 0.3 is 12.3 Å². The highest BCUT2D eigenvalue weighted by Gasteiger charge is 2.56. The fraction of sp³-hybridized carbons (Fsp3) is 0.280. The van der Waals surface area contributed by atoms with Crippen molar-refractivity contribution in [1.82, 2.24) is 9.88 Å². The molecule has 1 fully saturated rings. The monoisotopic (exact) mass is 539 g/mol. The normalized spacial score (nSPS) is 16.6. The van der Waals surface area contributed by atoms with Gasteiger partial charge in [0.25, 0.3) is 0 Å². The van der Waals surface area contributed by atoms with Gasteiger partial charge < -0.3 is 25.6 Å². The van der Waals surface area contributed by atoms with Gasteiger partial charge in [0.2, 0.25) is 5.60 Å². The Morgan fingerprint density at radius 3 is 2.41 bits per heavy atom. The number of benzene rings is 2. The average Bonchev–Trinajstić information content (AvgIpc) is 2.86. The Morgan fingerprint density at radius 2 is 1.81 bits per heavy atom. The van der Waals surface area contributed by atoms with Gasteiger partial charge in [0.15, 0.2) is 0 Å². The summed E-state index contributed by atoms with van der Waals surface area (Å²) in [6, 6.07) is 14.5. The first-order valence-electron chi connectivity index (χ1n) is 11.0. The number of pyridine rings is 1. The smallest absolute Gasteiger partial charge is 0.424 e. The third-order valence-corrected chi connectivity index (χ3v) is 6.42. The van der Waals surface area contributed by atoms with Crippen LogP contribution in [0.3, 0.4) is 0 Å². The first-order chi connectivity index (χ1) is 17.4. The van der Waals surface area contributed by atoms with Gasteiger partial charge in [-0.25, -0.2) is 14.2 Å². The lowest BCUT2D eigenvalue weighted by atomic mass is 9.84. The minimum Gasteiger partial charge on any atom is -0.445 e. The maximum absolute atomic E-state index is 13.8. The number of hydrogen-bond acceptors (Lipinski definition) is 6. The van der Waals surface area contributed by atoms with Crippen LogP contribution in [0.25, 0.3) is 11.3 Å². The summed E-state index contributed by atoms with van der Waals surface area (Å²) in [6.07, 6.45) is -5.91. The molecule has 2 heterocycles. The quantitative estimate of drug-likeness (QED) is 0.407. The summed E-state index contributed by atoms with van der Waals surface area (Å²) in [5.74, 6) is -0.752. The van der Waals surface area contributed by atoms with Crippen LogP contribution in [-0.2, 0) is 22.5 Å². The van der Waals surface area contributed by atoms with E-state index in [9.17, 15) is 32.6 Å². The maximum atomic E-state index is 13.8. The SMILES string of the molecule is NCC(O)(c1cc(C2(O)CN(C(=O)OCc3ccccc3)C2)cc(-c2ccc(F)c(Cl)c2)n1)C(F)(F)F. The molecule has 4 N–H and O–H groups in total. The number of aromatic nitrogens is 1. The molecule has 3 aromatic rings. The van der Waals surface area contributed by atoms with E-state index in [4.69, 9.17) is 22.1 Å². The van der Waals surface area contributed by atoms with E-state index in [0.29, 0.717) is 0 Å². The van der Waals surface area contributed by atoms with E-state index in [0.717, 1.165) is 23.8 Å². The van der Waals surface area contributed by atoms with Crippen molar-refractivity contribution in [3.63, 3.8) is 0 Å². The Labute approximate surface area is 214 Å². The maximum Gasteiger partial charge on any atom is 0.424 e. The molecule has 2 aromatic carbocycles. The number of ether oxygens (including phenoxy) is 1. The lowest BCUT2D eigenvalue weighted by molar-refractivity contribution is -0.263. The van der Waals surface area contributed by atoms with Crippen LogP contribution in [0, 0.1) is 5.82 Å². The van der Waals surface area contributed by atoms with Crippen molar-refractivity contribution < 1.29 is 37.3 Å². The Morgan fingerprint density at radius 1 is 1.14 bits per heavy atom. The van der Waals surface area contributed by atoms with Gasteiger partial charge in [0, 0.05) is 12.1 Å². The summed E-state index contributed by atoms with van der Waals surface area (Å²) in [6.45, 7) is -1.83. The average molecular weight is 540 g/mol. The minimum absolute atomic E-state index is 0.00139. The fourth-order valence-corrected chi connectivity index (χ4v) is 4.07. The van der Waals surface area contributed by atoms with Crippen molar-refractivity contribution in [2.75, 3.05) is 19.6 Å². The molecule has 1 atom stereocenters. The molecule has 1 aliphatic rings. The van der Waals surface area contributed by atoms with Gasteiger partial charge in [-0.15, -0.1) is 0 Å². The molecule has 7 nitrogen and oxygen atoms in total. The molecule has 0 spiro atoms. The van der Waals surface area contributed by atoms with Crippen LogP contribution in [0.2, 0.25) is 5.02 Å². The van der Waals surface area contributed by atoms with Crippen LogP contribution < -0.4 is 5.73 Å². The molecular formula is C25H22ClF4N3O4. The van der Waals surface area contributed by atoms with Crippen LogP contribution in [0.5, 0.6) is 0 Å². The third-order valence-electron chi connectivity index (χ3n) is 6.13. The lowest BCUT2D eigenvalue weighted by Crippen LogP contribution is -2.61. The number of β-amino-alcohol motifs (C(OH)–C–C–N with tert-alkyl or cyclic N) is 1. The number of hydrogen-bond donors (Lipinski definition) is 3. The summed E-state index contributed by atoms with van der Waals surface area (Å²) in [5.41, 5.74) is -0.171. The Hall–Kier alpha value is -3.25. The fourth-order valence-electron chi connectivity index (χ4n) is 3.89. The van der Waals surface area contributed by atoms with Crippen molar-refractivity contribution in [2.24, 2.45) is 5.73 Å². The highest BCUT2D eigenvalue weighted by Crippen LogP contribution is 2.41. The van der Waals surface area contributed by atoms with E-state index in [1.165, 1.54) is 17.0 Å². The Balaban J connectivity index is 1.65. The van der Waals surface area contributed by atoms with Crippen molar-refractivity contribution in [3.8, 4) is 11.3 Å². The largest absolute Gasteiger partial charge is 0.445 e. The van der Waals surface area contributed by atoms with Crippen molar-refractivity contribution in [3.05, 3.63) is 88.3 Å². The van der Waals surface area contributed by atoms with Crippen LogP contribution >= 0.6 is 11.6 Å². The molecule has 1 aliphatic heterocycles. The number of carbonyl (C=O) groups is 1. The van der Waals surface area contributed by atoms with Crippen LogP contribution in [0.1, 0.15) is 16.8 Å². The summed E-state index contributed by atoms with van der Waals surface area (Å²) in [7, 11) is 0. The number of halogens is 5. The zero-order valence-electron chi connectivity index (χ0n) is 19.2. The number of aliphatic hydroxyl groups is 2. The zero-order chi connectivity index (χ0) is 27.0. The molecular weight excluding hydrogens is 518 g/mol. The van der Waals surface area contributed by atoms with Crippen LogP contribution in [0.4, 0.5) is 22.4 Å². The lowest BCUT2D eigenvalue weighted by Gasteiger charge is -2.46. The van der Waals surface area contributed by atoms with E-state index in [1.807, 2.05) is 6.07 Å². The highest BCUT2D eigenvalue weighted by molar-refractivity contribution is 6.31. The predicted octanol–water partition coefficient (Wildman–Crippen LogP) is 4.09. The molecule has 4 rings (SSSR count). The van der Waals surface area contributed by atoms with Crippen LogP contribution in [-0.4, -0.2) is 52.0 Å². The summed E-state index contributed by atoms with van der Waals surface area (Å²) >= 11 is 5.83. The topological polar surface area (TPSA) is 109 Å². The second-order valence-corrected chi connectivity index (χ2v) is 9.15. The molecule has 0 aliphatic carbocycles. The molecule has 37 heavy (non-hydrogen) atoms. The van der Waals surface area contributed by atoms with E-state index >= 15 is 0 Å². The summed E-state index contributed by atoms with van der Waals surface area (Å²) in [5, 5.41) is 21.3. The van der Waals surface area contributed by atoms with Crippen molar-refractivity contribution in [1.29, 1.82) is 0 Å². The summed E-state index contributed by atoms with van der Waals surface area (Å²) in [4.78, 5) is 17.5. The van der Waals surface area contributed by atoms with E-state index in [-0.39, 0.29) is 41.5 Å². The second kappa shape index (κ2) is 9.90. The molecule has 1 unspecified atom stereocenters. The van der Waals surface area contributed by atoms with Gasteiger partial charge in [-0.3, -0.25) is 0 Å². The molecule has 196 valence electrons. The number of likely N-dealkylation sites (tertiary alicyclic amines) is 1. The molecule has 0 bridgehead atoms. The first-order valence-corrected chi connectivity index (χ1v) is 11.4. The van der Waals surface area contributed by atoms with Gasteiger partial charge in [-0.05, 0) is 41.5 Å². The van der Waals surface area contributed by atoms with E-state index < -0.39 is 41.5 Å². The van der Waals surface area contributed by atoms with Gasteiger partial charge in [0.1, 0.15) is 18.0 Å². The van der Waals surface area contributed by atoms with Gasteiger partial charge in [-0.1, -0.05) is 41.9 Å². The predicted molar refractivity (Wildman–Crippen MR) is 126 cm³/mol. The van der Waals surface area contributed by atoms with Crippen molar-refractivity contribution in [2.45, 2.75) is 24.0 Å². The standard InChI is InChI=1S/C25H22ClF4N3O4/c26-18-8-16(6-7-19(18)27)20-9-17(10-21(32-20)24(36,12-31)25(28,29)30)23(35)13-33(14-23)22(34)37-11-15-4-2-1-3-5-15/h1-10,35-36H,11-14,31H2. The van der Waals surface area contributed by atoms with E-state index in [2.05, 4.69) is 4.98 Å². The van der Waals surface area contributed by atoms with Crippen molar-refractivity contribution >= 4 is 17.7 Å². The van der Waals surface area contributed by atoms with Gasteiger partial charge in [-0.2, -0.15) is 13.2 Å². The highest BCUT2D eigenvalue weighted by atomic mass is 35.5. The summed E-state index contributed by atoms with van der Waals surface area (Å²) < 4.78 is 60.3. The number of nitrogens with zero attached hydrogens (tertiary/aromatic N) is 2. The molecule has 12 heteroatoms. The minimum atomic E-state index is -5.19. The number of alkyl halides is 3. The molecule has 1 saturated heterocycles. The molecule has 0 radical (unpaired) electrons. The van der Waals surface area contributed by atoms with Gasteiger partial charge in [0.05, 0.1) is 29.5 Å². The third kappa shape index (κ3) is 5.26. The Kier molecular flexibility index (Phi) is 7.17. The number of rotatable bonds is 6. The number of nitrogens with two attached hydrogens (primary N) is 1. The molecule has 0 saturated carbocycles.